The molecule has 0 radical (unpaired) electrons. The average molecular weight is 656 g/mol. The molecule has 4 aromatic carbocycles. The number of benzene rings is 4. The molecule has 1 unspecified atom stereocenters. The van der Waals surface area contributed by atoms with Gasteiger partial charge in [0, 0.05) is 58.1 Å². The Morgan fingerprint density at radius 1 is 0.854 bits per heavy atom. The summed E-state index contributed by atoms with van der Waals surface area (Å²) in [5, 5.41) is 21.8. The van der Waals surface area contributed by atoms with Gasteiger partial charge < -0.3 is 10.1 Å². The van der Waals surface area contributed by atoms with Crippen LogP contribution in [0.15, 0.2) is 125 Å². The molecule has 0 saturated heterocycles. The van der Waals surface area contributed by atoms with Gasteiger partial charge in [0.25, 0.3) is 5.56 Å². The quantitative estimate of drug-likeness (QED) is 0.166. The van der Waals surface area contributed by atoms with E-state index in [0.29, 0.717) is 33.1 Å². The lowest BCUT2D eigenvalue weighted by Gasteiger charge is -2.22. The van der Waals surface area contributed by atoms with Crippen LogP contribution in [0.25, 0.3) is 39.0 Å². The Balaban J connectivity index is 1.41. The van der Waals surface area contributed by atoms with E-state index in [-0.39, 0.29) is 37.1 Å². The maximum absolute atomic E-state index is 14.0. The average Bonchev–Trinajstić information content (AvgIpc) is 3.74. The number of rotatable bonds is 9. The summed E-state index contributed by atoms with van der Waals surface area (Å²) >= 11 is 6.47. The minimum Gasteiger partial charge on any atom is -0.481 e. The summed E-state index contributed by atoms with van der Waals surface area (Å²) in [4.78, 5) is 42.2. The number of carbonyl (C=O) groups excluding carboxylic acids is 1. The van der Waals surface area contributed by atoms with Gasteiger partial charge in [0.15, 0.2) is 0 Å². The number of aliphatic carboxylic acids is 1. The minimum absolute atomic E-state index is 0.0255. The molecule has 9 nitrogen and oxygen atoms in total. The monoisotopic (exact) mass is 655 g/mol. The summed E-state index contributed by atoms with van der Waals surface area (Å²) in [6, 6.07) is 33.6. The zero-order valence-electron chi connectivity index (χ0n) is 25.7. The SMILES string of the molecule is O=C(O)CCCC(=O)N1N=C(c2c(-c3ccccc3)c3cc(Cl)ccc3[nH]c2=O)CC1c1cn(-c2ccccc2)nc1-c1ccccc1. The Labute approximate surface area is 280 Å². The topological polar surface area (TPSA) is 121 Å². The third-order valence-corrected chi connectivity index (χ3v) is 8.68. The van der Waals surface area contributed by atoms with Gasteiger partial charge >= 0.3 is 5.97 Å². The van der Waals surface area contributed by atoms with Gasteiger partial charge in [0.05, 0.1) is 28.7 Å². The Hall–Kier alpha value is -5.80. The summed E-state index contributed by atoms with van der Waals surface area (Å²) in [6.45, 7) is 0. The van der Waals surface area contributed by atoms with Crippen LogP contribution in [0.2, 0.25) is 5.02 Å². The standard InChI is InChI=1S/C38H30ClN5O4/c39-26-19-20-30-28(21-26)35(24-11-4-1-5-12-24)36(38(48)40-30)31-22-32(44(41-31)33(45)17-10-18-34(46)47)29-23-43(27-15-8-3-9-16-27)42-37(29)25-13-6-2-7-14-25/h1-9,11-16,19-21,23,32H,10,17-18,22H2,(H,40,48)(H,46,47). The number of aromatic amines is 1. The molecule has 1 aliphatic heterocycles. The fourth-order valence-electron chi connectivity index (χ4n) is 6.25. The summed E-state index contributed by atoms with van der Waals surface area (Å²) in [6.07, 6.45) is 2.11. The molecular formula is C38H30ClN5O4. The largest absolute Gasteiger partial charge is 0.481 e. The molecule has 1 amide bonds. The molecule has 2 aromatic heterocycles. The van der Waals surface area contributed by atoms with Crippen LogP contribution in [-0.2, 0) is 9.59 Å². The normalized spacial score (nSPS) is 14.3. The van der Waals surface area contributed by atoms with E-state index in [0.717, 1.165) is 27.8 Å². The highest BCUT2D eigenvalue weighted by Crippen LogP contribution is 2.41. The molecule has 2 N–H and O–H groups in total. The van der Waals surface area contributed by atoms with Gasteiger partial charge in [-0.3, -0.25) is 14.4 Å². The number of nitrogens with one attached hydrogen (secondary N) is 1. The number of hydrogen-bond acceptors (Lipinski definition) is 5. The molecule has 6 aromatic rings. The molecule has 1 aliphatic rings. The van der Waals surface area contributed by atoms with Crippen LogP contribution in [0.5, 0.6) is 0 Å². The summed E-state index contributed by atoms with van der Waals surface area (Å²) < 4.78 is 1.78. The van der Waals surface area contributed by atoms with Gasteiger partial charge in [0.2, 0.25) is 5.91 Å². The van der Waals surface area contributed by atoms with E-state index in [2.05, 4.69) is 4.98 Å². The number of nitrogens with zero attached hydrogens (tertiary/aromatic N) is 4. The number of aromatic nitrogens is 3. The Kier molecular flexibility index (Phi) is 8.44. The second-order valence-corrected chi connectivity index (χ2v) is 12.0. The number of hydrazone groups is 1. The lowest BCUT2D eigenvalue weighted by molar-refractivity contribution is -0.137. The van der Waals surface area contributed by atoms with E-state index < -0.39 is 12.0 Å². The van der Waals surface area contributed by atoms with E-state index >= 15 is 0 Å². The van der Waals surface area contributed by atoms with Gasteiger partial charge in [-0.2, -0.15) is 10.2 Å². The first-order valence-electron chi connectivity index (χ1n) is 15.6. The first kappa shape index (κ1) is 30.8. The molecular weight excluding hydrogens is 626 g/mol. The first-order valence-corrected chi connectivity index (χ1v) is 16.0. The molecule has 238 valence electrons. The van der Waals surface area contributed by atoms with Crippen molar-refractivity contribution in [2.24, 2.45) is 5.10 Å². The highest BCUT2D eigenvalue weighted by Gasteiger charge is 2.38. The minimum atomic E-state index is -0.977. The number of halogens is 1. The number of pyridine rings is 1. The smallest absolute Gasteiger partial charge is 0.303 e. The van der Waals surface area contributed by atoms with Crippen molar-refractivity contribution in [3.63, 3.8) is 0 Å². The molecule has 1 atom stereocenters. The van der Waals surface area contributed by atoms with E-state index in [4.69, 9.17) is 21.8 Å². The maximum atomic E-state index is 14.0. The second-order valence-electron chi connectivity index (χ2n) is 11.6. The number of fused-ring (bicyclic) bond motifs is 1. The molecule has 0 aliphatic carbocycles. The van der Waals surface area contributed by atoms with Crippen LogP contribution in [-0.4, -0.2) is 42.5 Å². The maximum Gasteiger partial charge on any atom is 0.303 e. The third kappa shape index (κ3) is 6.03. The van der Waals surface area contributed by atoms with Crippen molar-refractivity contribution in [2.45, 2.75) is 31.7 Å². The molecule has 0 bridgehead atoms. The number of amides is 1. The Bertz CT molecular complexity index is 2230. The number of carbonyl (C=O) groups is 2. The summed E-state index contributed by atoms with van der Waals surface area (Å²) in [7, 11) is 0. The molecule has 3 heterocycles. The van der Waals surface area contributed by atoms with E-state index in [1.165, 1.54) is 5.01 Å². The molecule has 0 fully saturated rings. The van der Waals surface area contributed by atoms with Crippen LogP contribution in [0.1, 0.15) is 42.9 Å². The van der Waals surface area contributed by atoms with Gasteiger partial charge in [-0.25, -0.2) is 9.69 Å². The molecule has 0 saturated carbocycles. The molecule has 10 heteroatoms. The molecule has 48 heavy (non-hydrogen) atoms. The predicted octanol–water partition coefficient (Wildman–Crippen LogP) is 7.63. The number of carboxylic acid groups (broad SMARTS) is 1. The van der Waals surface area contributed by atoms with Crippen LogP contribution in [0.4, 0.5) is 0 Å². The number of carboxylic acids is 1. The second kappa shape index (κ2) is 13.1. The zero-order valence-corrected chi connectivity index (χ0v) is 26.5. The highest BCUT2D eigenvalue weighted by atomic mass is 35.5. The van der Waals surface area contributed by atoms with Crippen LogP contribution < -0.4 is 5.56 Å². The van der Waals surface area contributed by atoms with E-state index in [9.17, 15) is 19.5 Å². The van der Waals surface area contributed by atoms with Crippen LogP contribution in [0, 0.1) is 0 Å². The third-order valence-electron chi connectivity index (χ3n) is 8.44. The number of H-pyrrole nitrogens is 1. The number of hydrogen-bond donors (Lipinski definition) is 2. The molecule has 7 rings (SSSR count). The van der Waals surface area contributed by atoms with Gasteiger partial charge in [-0.1, -0.05) is 90.5 Å². The summed E-state index contributed by atoms with van der Waals surface area (Å²) in [5.74, 6) is -1.32. The van der Waals surface area contributed by atoms with Crippen LogP contribution in [0.3, 0.4) is 0 Å². The van der Waals surface area contributed by atoms with Gasteiger partial charge in [-0.15, -0.1) is 0 Å². The van der Waals surface area contributed by atoms with Crippen molar-refractivity contribution < 1.29 is 14.7 Å². The van der Waals surface area contributed by atoms with Crippen molar-refractivity contribution in [3.05, 3.63) is 142 Å². The summed E-state index contributed by atoms with van der Waals surface area (Å²) in [5.41, 5.74) is 5.65. The first-order chi connectivity index (χ1) is 23.4. The molecule has 0 spiro atoms. The van der Waals surface area contributed by atoms with Gasteiger partial charge in [0.1, 0.15) is 0 Å². The zero-order chi connectivity index (χ0) is 33.2. The van der Waals surface area contributed by atoms with Crippen LogP contribution >= 0.6 is 11.6 Å². The van der Waals surface area contributed by atoms with Crippen molar-refractivity contribution in [1.82, 2.24) is 19.8 Å². The fourth-order valence-corrected chi connectivity index (χ4v) is 6.42. The highest BCUT2D eigenvalue weighted by molar-refractivity contribution is 6.31. The lowest BCUT2D eigenvalue weighted by Crippen LogP contribution is -2.27. The Morgan fingerprint density at radius 2 is 1.52 bits per heavy atom. The van der Waals surface area contributed by atoms with Crippen molar-refractivity contribution in [2.75, 3.05) is 0 Å². The van der Waals surface area contributed by atoms with Crippen molar-refractivity contribution in [1.29, 1.82) is 0 Å². The lowest BCUT2D eigenvalue weighted by atomic mass is 9.90. The van der Waals surface area contributed by atoms with Crippen molar-refractivity contribution in [3.8, 4) is 28.1 Å². The van der Waals surface area contributed by atoms with E-state index in [1.807, 2.05) is 103 Å². The number of para-hydroxylation sites is 1. The fraction of sp³-hybridized carbons (Fsp3) is 0.132. The predicted molar refractivity (Wildman–Crippen MR) is 186 cm³/mol. The van der Waals surface area contributed by atoms with Gasteiger partial charge in [-0.05, 0) is 42.3 Å². The van der Waals surface area contributed by atoms with Crippen molar-refractivity contribution >= 4 is 40.1 Å². The van der Waals surface area contributed by atoms with E-state index in [1.54, 1.807) is 16.8 Å². The Morgan fingerprint density at radius 3 is 2.21 bits per heavy atom.